The molecule has 0 unspecified atom stereocenters. The number of imide groups is 1. The number of anilines is 1. The lowest BCUT2D eigenvalue weighted by molar-refractivity contribution is -0.137. The number of aromatic nitrogens is 2. The van der Waals surface area contributed by atoms with Gasteiger partial charge in [0.15, 0.2) is 5.82 Å². The molecule has 2 aliphatic heterocycles. The smallest absolute Gasteiger partial charge is 0.262 e. The van der Waals surface area contributed by atoms with Gasteiger partial charge in [0.2, 0.25) is 17.8 Å². The molecule has 3 heterocycles. The number of nitrogens with zero attached hydrogens (tertiary/aromatic N) is 5. The van der Waals surface area contributed by atoms with Crippen molar-refractivity contribution in [3.05, 3.63) is 53.6 Å². The fourth-order valence-corrected chi connectivity index (χ4v) is 3.16. The third kappa shape index (κ3) is 2.98. The van der Waals surface area contributed by atoms with Crippen LogP contribution < -0.4 is 4.90 Å². The molecule has 1 saturated heterocycles. The molecule has 2 aromatic rings. The Kier molecular flexibility index (Phi) is 4.30. The number of halogens is 1. The average molecular weight is 383 g/mol. The molecule has 2 aliphatic rings. The van der Waals surface area contributed by atoms with Crippen molar-refractivity contribution in [3.63, 3.8) is 0 Å². The van der Waals surface area contributed by atoms with Crippen LogP contribution in [0.15, 0.2) is 36.7 Å². The van der Waals surface area contributed by atoms with E-state index in [0.717, 1.165) is 17.3 Å². The Balaban J connectivity index is 1.42. The molecule has 0 N–H and O–H groups in total. The second-order valence-electron chi connectivity index (χ2n) is 6.30. The van der Waals surface area contributed by atoms with Gasteiger partial charge in [0.25, 0.3) is 11.8 Å². The highest BCUT2D eigenvalue weighted by molar-refractivity contribution is 6.22. The lowest BCUT2D eigenvalue weighted by Gasteiger charge is -2.33. The lowest BCUT2D eigenvalue weighted by atomic mass is 10.1. The summed E-state index contributed by atoms with van der Waals surface area (Å²) in [5.74, 6) is -2.57. The molecule has 4 amide bonds. The SMILES string of the molecule is O=C(CN1C(=O)c2ccccc2C1=O)N1CCN(c2ncc(F)cn2)C(=O)C1. The van der Waals surface area contributed by atoms with Gasteiger partial charge in [-0.3, -0.25) is 29.0 Å². The van der Waals surface area contributed by atoms with Gasteiger partial charge in [0, 0.05) is 13.1 Å². The van der Waals surface area contributed by atoms with Crippen LogP contribution in [0, 0.1) is 5.82 Å². The minimum absolute atomic E-state index is 0.0545. The first-order chi connectivity index (χ1) is 13.5. The Bertz CT molecular complexity index is 959. The second kappa shape index (κ2) is 6.80. The molecule has 1 fully saturated rings. The summed E-state index contributed by atoms with van der Waals surface area (Å²) in [7, 11) is 0. The molecule has 0 bridgehead atoms. The van der Waals surface area contributed by atoms with Crippen LogP contribution >= 0.6 is 0 Å². The van der Waals surface area contributed by atoms with Crippen molar-refractivity contribution in [1.82, 2.24) is 19.8 Å². The first-order valence-electron chi connectivity index (χ1n) is 8.46. The molecule has 0 aliphatic carbocycles. The number of amides is 4. The third-order valence-electron chi connectivity index (χ3n) is 4.59. The molecular weight excluding hydrogens is 369 g/mol. The molecule has 142 valence electrons. The minimum Gasteiger partial charge on any atom is -0.330 e. The van der Waals surface area contributed by atoms with Crippen LogP contribution in [0.4, 0.5) is 10.3 Å². The lowest BCUT2D eigenvalue weighted by Crippen LogP contribution is -2.55. The fourth-order valence-electron chi connectivity index (χ4n) is 3.16. The van der Waals surface area contributed by atoms with Crippen LogP contribution in [0.25, 0.3) is 0 Å². The van der Waals surface area contributed by atoms with Gasteiger partial charge in [0.05, 0.1) is 23.5 Å². The zero-order valence-corrected chi connectivity index (χ0v) is 14.5. The van der Waals surface area contributed by atoms with Crippen molar-refractivity contribution in [1.29, 1.82) is 0 Å². The number of hydrogen-bond acceptors (Lipinski definition) is 6. The third-order valence-corrected chi connectivity index (χ3v) is 4.59. The van der Waals surface area contributed by atoms with Gasteiger partial charge < -0.3 is 4.90 Å². The van der Waals surface area contributed by atoms with Gasteiger partial charge in [0.1, 0.15) is 13.1 Å². The summed E-state index contributed by atoms with van der Waals surface area (Å²) < 4.78 is 12.9. The predicted octanol–water partition coefficient (Wildman–Crippen LogP) is 0.0871. The quantitative estimate of drug-likeness (QED) is 0.696. The Morgan fingerprint density at radius 2 is 1.61 bits per heavy atom. The highest BCUT2D eigenvalue weighted by Crippen LogP contribution is 2.22. The fraction of sp³-hybridized carbons (Fsp3) is 0.222. The number of carbonyl (C=O) groups is 4. The zero-order valence-electron chi connectivity index (χ0n) is 14.5. The van der Waals surface area contributed by atoms with E-state index in [-0.39, 0.29) is 36.7 Å². The van der Waals surface area contributed by atoms with E-state index >= 15 is 0 Å². The van der Waals surface area contributed by atoms with Crippen molar-refractivity contribution in [3.8, 4) is 0 Å². The molecule has 0 spiro atoms. The van der Waals surface area contributed by atoms with Crippen molar-refractivity contribution < 1.29 is 23.6 Å². The molecule has 9 nitrogen and oxygen atoms in total. The van der Waals surface area contributed by atoms with Gasteiger partial charge in [-0.2, -0.15) is 0 Å². The second-order valence-corrected chi connectivity index (χ2v) is 6.30. The number of carbonyl (C=O) groups excluding carboxylic acids is 4. The highest BCUT2D eigenvalue weighted by Gasteiger charge is 2.38. The van der Waals surface area contributed by atoms with Crippen LogP contribution in [0.3, 0.4) is 0 Å². The van der Waals surface area contributed by atoms with E-state index in [0.29, 0.717) is 0 Å². The molecular formula is C18H14FN5O4. The van der Waals surface area contributed by atoms with E-state index in [1.54, 1.807) is 12.1 Å². The minimum atomic E-state index is -0.619. The maximum absolute atomic E-state index is 12.9. The molecule has 0 atom stereocenters. The van der Waals surface area contributed by atoms with Crippen LogP contribution in [0.2, 0.25) is 0 Å². The summed E-state index contributed by atoms with van der Waals surface area (Å²) in [6.45, 7) is -0.387. The molecule has 4 rings (SSSR count). The molecule has 1 aromatic heterocycles. The number of benzene rings is 1. The molecule has 28 heavy (non-hydrogen) atoms. The summed E-state index contributed by atoms with van der Waals surface area (Å²) in [4.78, 5) is 60.6. The predicted molar refractivity (Wildman–Crippen MR) is 92.7 cm³/mol. The van der Waals surface area contributed by atoms with E-state index in [9.17, 15) is 23.6 Å². The summed E-state index contributed by atoms with van der Waals surface area (Å²) in [5, 5.41) is 0. The van der Waals surface area contributed by atoms with E-state index < -0.39 is 36.0 Å². The molecule has 1 aromatic carbocycles. The van der Waals surface area contributed by atoms with Gasteiger partial charge in [-0.15, -0.1) is 0 Å². The van der Waals surface area contributed by atoms with Gasteiger partial charge >= 0.3 is 0 Å². The van der Waals surface area contributed by atoms with E-state index in [4.69, 9.17) is 0 Å². The van der Waals surface area contributed by atoms with Crippen molar-refractivity contribution >= 4 is 29.6 Å². The van der Waals surface area contributed by atoms with E-state index in [2.05, 4.69) is 9.97 Å². The maximum Gasteiger partial charge on any atom is 0.262 e. The monoisotopic (exact) mass is 383 g/mol. The number of rotatable bonds is 3. The summed E-state index contributed by atoms with van der Waals surface area (Å²) >= 11 is 0. The summed E-state index contributed by atoms with van der Waals surface area (Å²) in [6.07, 6.45) is 1.91. The topological polar surface area (TPSA) is 104 Å². The molecule has 10 heteroatoms. The van der Waals surface area contributed by atoms with Crippen molar-refractivity contribution in [2.75, 3.05) is 31.1 Å². The molecule has 0 saturated carbocycles. The van der Waals surface area contributed by atoms with Crippen LogP contribution in [-0.4, -0.2) is 69.6 Å². The Morgan fingerprint density at radius 1 is 1.00 bits per heavy atom. The summed E-state index contributed by atoms with van der Waals surface area (Å²) in [5.41, 5.74) is 0.518. The Morgan fingerprint density at radius 3 is 2.18 bits per heavy atom. The number of piperazine rings is 1. The Labute approximate surface area is 158 Å². The van der Waals surface area contributed by atoms with Crippen LogP contribution in [-0.2, 0) is 9.59 Å². The highest BCUT2D eigenvalue weighted by atomic mass is 19.1. The first-order valence-corrected chi connectivity index (χ1v) is 8.46. The van der Waals surface area contributed by atoms with E-state index in [1.165, 1.54) is 21.9 Å². The average Bonchev–Trinajstić information content (AvgIpc) is 2.94. The standard InChI is InChI=1S/C18H14FN5O4/c19-11-7-20-18(21-8-11)23-6-5-22(9-15(23)26)14(25)10-24-16(27)12-3-1-2-4-13(12)17(24)28/h1-4,7-8H,5-6,9-10H2. The zero-order chi connectivity index (χ0) is 19.8. The Hall–Kier alpha value is -3.69. The number of fused-ring (bicyclic) bond motifs is 1. The summed E-state index contributed by atoms with van der Waals surface area (Å²) in [6, 6.07) is 6.35. The van der Waals surface area contributed by atoms with E-state index in [1.807, 2.05) is 0 Å². The number of hydrogen-bond donors (Lipinski definition) is 0. The van der Waals surface area contributed by atoms with Crippen molar-refractivity contribution in [2.45, 2.75) is 0 Å². The molecule has 0 radical (unpaired) electrons. The maximum atomic E-state index is 12.9. The van der Waals surface area contributed by atoms with Crippen molar-refractivity contribution in [2.24, 2.45) is 0 Å². The largest absolute Gasteiger partial charge is 0.330 e. The van der Waals surface area contributed by atoms with Gasteiger partial charge in [-0.05, 0) is 12.1 Å². The van der Waals surface area contributed by atoms with Gasteiger partial charge in [-0.1, -0.05) is 12.1 Å². The normalized spacial score (nSPS) is 16.6. The van der Waals surface area contributed by atoms with Crippen LogP contribution in [0.5, 0.6) is 0 Å². The first kappa shape index (κ1) is 17.7. The van der Waals surface area contributed by atoms with Crippen LogP contribution in [0.1, 0.15) is 20.7 Å². The van der Waals surface area contributed by atoms with Gasteiger partial charge in [-0.25, -0.2) is 14.4 Å².